The van der Waals surface area contributed by atoms with E-state index < -0.39 is 17.3 Å². The van der Waals surface area contributed by atoms with Gasteiger partial charge in [0.25, 0.3) is 0 Å². The summed E-state index contributed by atoms with van der Waals surface area (Å²) in [4.78, 5) is 23.1. The molecule has 1 aliphatic rings. The lowest BCUT2D eigenvalue weighted by atomic mass is 10.1. The van der Waals surface area contributed by atoms with Crippen LogP contribution in [0.2, 0.25) is 0 Å². The number of carboxylic acid groups (broad SMARTS) is 1. The van der Waals surface area contributed by atoms with E-state index in [1.165, 1.54) is 0 Å². The third-order valence-electron chi connectivity index (χ3n) is 3.72. The molecular formula is C13H19N3O4. The third kappa shape index (κ3) is 2.23. The van der Waals surface area contributed by atoms with Crippen molar-refractivity contribution in [2.45, 2.75) is 32.7 Å². The normalized spacial score (nSPS) is 15.8. The van der Waals surface area contributed by atoms with E-state index in [0.717, 1.165) is 11.3 Å². The monoisotopic (exact) mass is 281 g/mol. The van der Waals surface area contributed by atoms with Gasteiger partial charge in [-0.25, -0.2) is 4.68 Å². The molecule has 0 radical (unpaired) electrons. The second-order valence-electron chi connectivity index (χ2n) is 4.98. The van der Waals surface area contributed by atoms with Gasteiger partial charge >= 0.3 is 5.97 Å². The first-order chi connectivity index (χ1) is 9.46. The van der Waals surface area contributed by atoms with Crippen LogP contribution in [0.3, 0.4) is 0 Å². The number of aromatic nitrogens is 2. The average molecular weight is 281 g/mol. The molecule has 7 nitrogen and oxygen atoms in total. The predicted molar refractivity (Wildman–Crippen MR) is 70.3 cm³/mol. The molecule has 2 rings (SSSR count). The molecule has 2 N–H and O–H groups in total. The minimum Gasteiger partial charge on any atom is -0.481 e. The van der Waals surface area contributed by atoms with Crippen molar-refractivity contribution in [2.24, 2.45) is 12.5 Å². The highest BCUT2D eigenvalue weighted by Crippen LogP contribution is 2.46. The number of hydrogen-bond donors (Lipinski definition) is 2. The maximum Gasteiger partial charge on any atom is 0.319 e. The van der Waals surface area contributed by atoms with E-state index in [-0.39, 0.29) is 6.54 Å². The zero-order valence-corrected chi connectivity index (χ0v) is 11.9. The van der Waals surface area contributed by atoms with E-state index in [1.54, 1.807) is 18.8 Å². The van der Waals surface area contributed by atoms with Crippen molar-refractivity contribution < 1.29 is 19.4 Å². The lowest BCUT2D eigenvalue weighted by Crippen LogP contribution is -2.36. The number of aliphatic carboxylic acids is 1. The van der Waals surface area contributed by atoms with Gasteiger partial charge in [-0.3, -0.25) is 9.59 Å². The predicted octanol–water partition coefficient (Wildman–Crippen LogP) is 0.472. The maximum atomic E-state index is 12.0. The number of carbonyl (C=O) groups is 2. The fourth-order valence-corrected chi connectivity index (χ4v) is 2.32. The number of methoxy groups -OCH3 is 1. The summed E-state index contributed by atoms with van der Waals surface area (Å²) in [5, 5.41) is 16.1. The number of carboxylic acids is 1. The van der Waals surface area contributed by atoms with Crippen molar-refractivity contribution in [3.05, 3.63) is 11.3 Å². The highest BCUT2D eigenvalue weighted by molar-refractivity contribution is 6.04. The van der Waals surface area contributed by atoms with Crippen LogP contribution >= 0.6 is 0 Å². The van der Waals surface area contributed by atoms with Crippen LogP contribution in [0.5, 0.6) is 5.88 Å². The average Bonchev–Trinajstić information content (AvgIpc) is 3.16. The Hall–Kier alpha value is -2.05. The van der Waals surface area contributed by atoms with Crippen LogP contribution in [0.25, 0.3) is 0 Å². The van der Waals surface area contributed by atoms with Crippen LogP contribution < -0.4 is 10.1 Å². The Labute approximate surface area is 116 Å². The highest BCUT2D eigenvalue weighted by atomic mass is 16.5. The molecule has 20 heavy (non-hydrogen) atoms. The van der Waals surface area contributed by atoms with Crippen molar-refractivity contribution >= 4 is 11.9 Å². The molecule has 0 saturated heterocycles. The van der Waals surface area contributed by atoms with Gasteiger partial charge in [-0.05, 0) is 19.3 Å². The number of rotatable bonds is 6. The van der Waals surface area contributed by atoms with Gasteiger partial charge in [-0.1, -0.05) is 6.92 Å². The van der Waals surface area contributed by atoms with Crippen LogP contribution in [0.4, 0.5) is 0 Å². The molecule has 0 unspecified atom stereocenters. The summed E-state index contributed by atoms with van der Waals surface area (Å²) in [6.07, 6.45) is 1.52. The number of nitrogens with zero attached hydrogens (tertiary/aromatic N) is 2. The Kier molecular flexibility index (Phi) is 3.69. The molecule has 0 aromatic carbocycles. The van der Waals surface area contributed by atoms with E-state index in [2.05, 4.69) is 10.4 Å². The van der Waals surface area contributed by atoms with Crippen molar-refractivity contribution in [1.29, 1.82) is 0 Å². The number of amides is 1. The smallest absolute Gasteiger partial charge is 0.319 e. The Morgan fingerprint density at radius 3 is 2.60 bits per heavy atom. The lowest BCUT2D eigenvalue weighted by Gasteiger charge is -2.11. The molecule has 1 aliphatic carbocycles. The molecule has 1 fully saturated rings. The van der Waals surface area contributed by atoms with Gasteiger partial charge in [0.15, 0.2) is 0 Å². The van der Waals surface area contributed by atoms with Gasteiger partial charge < -0.3 is 15.2 Å². The summed E-state index contributed by atoms with van der Waals surface area (Å²) in [5.41, 5.74) is 0.416. The second-order valence-corrected chi connectivity index (χ2v) is 4.98. The Bertz CT molecular complexity index is 546. The van der Waals surface area contributed by atoms with Gasteiger partial charge in [0, 0.05) is 13.6 Å². The lowest BCUT2D eigenvalue weighted by molar-refractivity contribution is -0.149. The van der Waals surface area contributed by atoms with Crippen LogP contribution in [-0.2, 0) is 29.6 Å². The van der Waals surface area contributed by atoms with Gasteiger partial charge in [0.2, 0.25) is 11.8 Å². The highest BCUT2D eigenvalue weighted by Gasteiger charge is 2.57. The van der Waals surface area contributed by atoms with E-state index in [1.807, 2.05) is 6.92 Å². The zero-order valence-electron chi connectivity index (χ0n) is 11.9. The van der Waals surface area contributed by atoms with Gasteiger partial charge in [-0.2, -0.15) is 5.10 Å². The summed E-state index contributed by atoms with van der Waals surface area (Å²) in [5.74, 6) is -0.899. The molecule has 7 heteroatoms. The van der Waals surface area contributed by atoms with Crippen LogP contribution in [0, 0.1) is 5.41 Å². The Morgan fingerprint density at radius 1 is 1.50 bits per heavy atom. The van der Waals surface area contributed by atoms with Crippen molar-refractivity contribution in [2.75, 3.05) is 7.11 Å². The number of carbonyl (C=O) groups excluding carboxylic acids is 1. The maximum absolute atomic E-state index is 12.0. The summed E-state index contributed by atoms with van der Waals surface area (Å²) in [6.45, 7) is 2.20. The molecule has 0 atom stereocenters. The van der Waals surface area contributed by atoms with E-state index >= 15 is 0 Å². The summed E-state index contributed by atoms with van der Waals surface area (Å²) in [7, 11) is 3.31. The first-order valence-corrected chi connectivity index (χ1v) is 6.56. The molecule has 1 saturated carbocycles. The molecule has 0 bridgehead atoms. The standard InChI is InChI=1S/C13H19N3O4/c1-4-9-8(10(20-3)16(2)15-9)7-14-11(17)13(5-6-13)12(18)19/h4-7H2,1-3H3,(H,14,17)(H,18,19). The molecule has 0 aliphatic heterocycles. The summed E-state index contributed by atoms with van der Waals surface area (Å²) < 4.78 is 6.89. The topological polar surface area (TPSA) is 93.5 Å². The SMILES string of the molecule is CCc1nn(C)c(OC)c1CNC(=O)C1(C(=O)O)CC1. The number of nitrogens with one attached hydrogen (secondary N) is 1. The van der Waals surface area contributed by atoms with Gasteiger partial charge in [-0.15, -0.1) is 0 Å². The zero-order chi connectivity index (χ0) is 14.9. The van der Waals surface area contributed by atoms with Gasteiger partial charge in [0.1, 0.15) is 5.41 Å². The molecule has 1 heterocycles. The largest absolute Gasteiger partial charge is 0.481 e. The first kappa shape index (κ1) is 14.4. The van der Waals surface area contributed by atoms with Crippen molar-refractivity contribution in [3.8, 4) is 5.88 Å². The molecule has 110 valence electrons. The molecule has 1 aromatic heterocycles. The van der Waals surface area contributed by atoms with Crippen molar-refractivity contribution in [3.63, 3.8) is 0 Å². The molecular weight excluding hydrogens is 262 g/mol. The second kappa shape index (κ2) is 5.15. The van der Waals surface area contributed by atoms with Crippen molar-refractivity contribution in [1.82, 2.24) is 15.1 Å². The summed E-state index contributed by atoms with van der Waals surface area (Å²) >= 11 is 0. The molecule has 1 amide bonds. The van der Waals surface area contributed by atoms with E-state index in [9.17, 15) is 9.59 Å². The molecule has 0 spiro atoms. The first-order valence-electron chi connectivity index (χ1n) is 6.56. The van der Waals surface area contributed by atoms with E-state index in [4.69, 9.17) is 9.84 Å². The minimum absolute atomic E-state index is 0.230. The van der Waals surface area contributed by atoms with Crippen LogP contribution in [-0.4, -0.2) is 33.9 Å². The fourth-order valence-electron chi connectivity index (χ4n) is 2.32. The number of hydrogen-bond acceptors (Lipinski definition) is 4. The Morgan fingerprint density at radius 2 is 2.15 bits per heavy atom. The quantitative estimate of drug-likeness (QED) is 0.739. The Balaban J connectivity index is 2.11. The number of ether oxygens (including phenoxy) is 1. The van der Waals surface area contributed by atoms with Crippen LogP contribution in [0.15, 0.2) is 0 Å². The van der Waals surface area contributed by atoms with Crippen LogP contribution in [0.1, 0.15) is 31.0 Å². The van der Waals surface area contributed by atoms with E-state index in [0.29, 0.717) is 25.1 Å². The van der Waals surface area contributed by atoms with Gasteiger partial charge in [0.05, 0.1) is 18.4 Å². The fraction of sp³-hybridized carbons (Fsp3) is 0.615. The number of aryl methyl sites for hydroxylation is 2. The third-order valence-corrected chi connectivity index (χ3v) is 3.72. The molecule has 1 aromatic rings. The summed E-state index contributed by atoms with van der Waals surface area (Å²) in [6, 6.07) is 0. The minimum atomic E-state index is -1.22.